The lowest BCUT2D eigenvalue weighted by molar-refractivity contribution is 0.428. The number of rotatable bonds is 5. The van der Waals surface area contributed by atoms with Crippen LogP contribution < -0.4 is 5.32 Å². The van der Waals surface area contributed by atoms with Gasteiger partial charge in [0.05, 0.1) is 0 Å². The van der Waals surface area contributed by atoms with Crippen LogP contribution in [-0.4, -0.2) is 7.05 Å². The van der Waals surface area contributed by atoms with Crippen molar-refractivity contribution >= 4 is 26.7 Å². The molecule has 112 valence electrons. The molecule has 1 aliphatic rings. The highest BCUT2D eigenvalue weighted by Gasteiger charge is 2.19. The summed E-state index contributed by atoms with van der Waals surface area (Å²) in [6.45, 7) is 0. The third-order valence-electron chi connectivity index (χ3n) is 4.97. The Morgan fingerprint density at radius 1 is 1.10 bits per heavy atom. The van der Waals surface area contributed by atoms with Gasteiger partial charge in [-0.2, -0.15) is 0 Å². The van der Waals surface area contributed by atoms with Crippen molar-refractivity contribution in [1.82, 2.24) is 5.32 Å². The first-order chi connectivity index (χ1) is 10.3. The van der Waals surface area contributed by atoms with Gasteiger partial charge in [0.25, 0.3) is 0 Å². The summed E-state index contributed by atoms with van der Waals surface area (Å²) >= 11 is 3.67. The Kier molecular flexibility index (Phi) is 4.97. The lowest BCUT2D eigenvalue weighted by atomic mass is 9.92. The summed E-state index contributed by atoms with van der Waals surface area (Å²) < 4.78 is 1.19. The highest BCUT2D eigenvalue weighted by atomic mass is 79.9. The van der Waals surface area contributed by atoms with Crippen LogP contribution in [0.5, 0.6) is 0 Å². The monoisotopic (exact) mass is 345 g/mol. The highest BCUT2D eigenvalue weighted by molar-refractivity contribution is 9.10. The van der Waals surface area contributed by atoms with Gasteiger partial charge in [0.15, 0.2) is 0 Å². The summed E-state index contributed by atoms with van der Waals surface area (Å²) in [6.07, 6.45) is 8.37. The molecular weight excluding hydrogens is 322 g/mol. The van der Waals surface area contributed by atoms with Crippen LogP contribution in [-0.2, 0) is 0 Å². The molecule has 1 atom stereocenters. The summed E-state index contributed by atoms with van der Waals surface area (Å²) in [5, 5.41) is 6.23. The molecule has 0 radical (unpaired) electrons. The van der Waals surface area contributed by atoms with Gasteiger partial charge in [0.2, 0.25) is 0 Å². The Bertz CT molecular complexity index is 602. The molecule has 1 saturated carbocycles. The molecule has 0 aliphatic heterocycles. The van der Waals surface area contributed by atoms with Crippen molar-refractivity contribution in [2.75, 3.05) is 7.05 Å². The van der Waals surface area contributed by atoms with Crippen LogP contribution in [0.15, 0.2) is 40.9 Å². The molecule has 1 fully saturated rings. The molecule has 1 N–H and O–H groups in total. The zero-order valence-electron chi connectivity index (χ0n) is 12.7. The fourth-order valence-electron chi connectivity index (χ4n) is 3.75. The Morgan fingerprint density at radius 3 is 2.52 bits per heavy atom. The van der Waals surface area contributed by atoms with Crippen molar-refractivity contribution in [3.63, 3.8) is 0 Å². The van der Waals surface area contributed by atoms with Crippen molar-refractivity contribution in [1.29, 1.82) is 0 Å². The molecule has 2 heteroatoms. The minimum Gasteiger partial charge on any atom is -0.313 e. The topological polar surface area (TPSA) is 12.0 Å². The minimum atomic E-state index is 0.462. The molecule has 1 nitrogen and oxygen atoms in total. The fourth-order valence-corrected chi connectivity index (χ4v) is 4.22. The van der Waals surface area contributed by atoms with Gasteiger partial charge in [-0.15, -0.1) is 0 Å². The smallest absolute Gasteiger partial charge is 0.0323 e. The molecule has 2 aromatic rings. The van der Waals surface area contributed by atoms with E-state index >= 15 is 0 Å². The second kappa shape index (κ2) is 6.93. The summed E-state index contributed by atoms with van der Waals surface area (Å²) in [7, 11) is 2.09. The predicted molar refractivity (Wildman–Crippen MR) is 94.6 cm³/mol. The Morgan fingerprint density at radius 2 is 1.81 bits per heavy atom. The van der Waals surface area contributed by atoms with Crippen LogP contribution in [0, 0.1) is 5.92 Å². The van der Waals surface area contributed by atoms with Crippen molar-refractivity contribution in [3.8, 4) is 0 Å². The van der Waals surface area contributed by atoms with Crippen LogP contribution >= 0.6 is 15.9 Å². The van der Waals surface area contributed by atoms with Gasteiger partial charge in [0, 0.05) is 10.5 Å². The molecule has 0 saturated heterocycles. The van der Waals surface area contributed by atoms with Crippen molar-refractivity contribution in [2.45, 2.75) is 44.6 Å². The van der Waals surface area contributed by atoms with E-state index in [1.54, 1.807) is 0 Å². The number of fused-ring (bicyclic) bond motifs is 1. The number of nitrogens with one attached hydrogen (secondary N) is 1. The largest absolute Gasteiger partial charge is 0.313 e. The van der Waals surface area contributed by atoms with Crippen LogP contribution in [0.3, 0.4) is 0 Å². The Balaban J connectivity index is 1.84. The van der Waals surface area contributed by atoms with E-state index in [0.29, 0.717) is 6.04 Å². The second-order valence-corrected chi connectivity index (χ2v) is 7.11. The summed E-state index contributed by atoms with van der Waals surface area (Å²) in [4.78, 5) is 0. The normalized spacial score (nSPS) is 17.4. The molecule has 0 bridgehead atoms. The Hall–Kier alpha value is -0.860. The first-order valence-corrected chi connectivity index (χ1v) is 8.93. The summed E-state index contributed by atoms with van der Waals surface area (Å²) in [5.74, 6) is 0.961. The average Bonchev–Trinajstić information content (AvgIpc) is 3.03. The summed E-state index contributed by atoms with van der Waals surface area (Å²) in [6, 6.07) is 13.6. The average molecular weight is 346 g/mol. The zero-order chi connectivity index (χ0) is 14.7. The first-order valence-electron chi connectivity index (χ1n) is 8.14. The lowest BCUT2D eigenvalue weighted by Crippen LogP contribution is -2.17. The summed E-state index contributed by atoms with van der Waals surface area (Å²) in [5.41, 5.74) is 1.44. The van der Waals surface area contributed by atoms with E-state index in [9.17, 15) is 0 Å². The van der Waals surface area contributed by atoms with Crippen LogP contribution in [0.2, 0.25) is 0 Å². The third kappa shape index (κ3) is 3.32. The van der Waals surface area contributed by atoms with Gasteiger partial charge in [-0.1, -0.05) is 71.9 Å². The van der Waals surface area contributed by atoms with E-state index in [0.717, 1.165) is 5.92 Å². The maximum absolute atomic E-state index is 3.67. The number of halogens is 1. The number of hydrogen-bond acceptors (Lipinski definition) is 1. The minimum absolute atomic E-state index is 0.462. The molecule has 3 rings (SSSR count). The van der Waals surface area contributed by atoms with Gasteiger partial charge in [0.1, 0.15) is 0 Å². The highest BCUT2D eigenvalue weighted by Crippen LogP contribution is 2.35. The molecule has 1 aliphatic carbocycles. The standard InChI is InChI=1S/C19H24BrN/c1-21-19(13-10-14-6-2-3-7-14)17-11-12-18(20)16-9-5-4-8-15(16)17/h4-5,8-9,11-12,14,19,21H,2-3,6-7,10,13H2,1H3. The number of benzene rings is 2. The van der Waals surface area contributed by atoms with Gasteiger partial charge in [-0.3, -0.25) is 0 Å². The molecule has 0 amide bonds. The Labute approximate surface area is 136 Å². The molecule has 2 aromatic carbocycles. The van der Waals surface area contributed by atoms with E-state index < -0.39 is 0 Å². The van der Waals surface area contributed by atoms with E-state index in [1.165, 1.54) is 59.3 Å². The predicted octanol–water partition coefficient (Wildman–Crippen LogP) is 5.83. The van der Waals surface area contributed by atoms with Gasteiger partial charge < -0.3 is 5.32 Å². The van der Waals surface area contributed by atoms with Crippen LogP contribution in [0.4, 0.5) is 0 Å². The van der Waals surface area contributed by atoms with Crippen molar-refractivity contribution in [3.05, 3.63) is 46.4 Å². The van der Waals surface area contributed by atoms with Crippen molar-refractivity contribution < 1.29 is 0 Å². The zero-order valence-corrected chi connectivity index (χ0v) is 14.3. The molecule has 0 heterocycles. The van der Waals surface area contributed by atoms with Gasteiger partial charge >= 0.3 is 0 Å². The van der Waals surface area contributed by atoms with Crippen LogP contribution in [0.1, 0.15) is 50.1 Å². The maximum Gasteiger partial charge on any atom is 0.0323 e. The van der Waals surface area contributed by atoms with E-state index in [-0.39, 0.29) is 0 Å². The van der Waals surface area contributed by atoms with E-state index in [1.807, 2.05) is 0 Å². The first kappa shape index (κ1) is 15.1. The van der Waals surface area contributed by atoms with E-state index in [2.05, 4.69) is 64.7 Å². The molecule has 0 aromatic heterocycles. The van der Waals surface area contributed by atoms with E-state index in [4.69, 9.17) is 0 Å². The quantitative estimate of drug-likeness (QED) is 0.718. The molecular formula is C19H24BrN. The fraction of sp³-hybridized carbons (Fsp3) is 0.474. The van der Waals surface area contributed by atoms with Gasteiger partial charge in [-0.05, 0) is 48.2 Å². The molecule has 1 unspecified atom stereocenters. The lowest BCUT2D eigenvalue weighted by Gasteiger charge is -2.21. The van der Waals surface area contributed by atoms with Gasteiger partial charge in [-0.25, -0.2) is 0 Å². The maximum atomic E-state index is 3.67. The third-order valence-corrected chi connectivity index (χ3v) is 5.66. The van der Waals surface area contributed by atoms with Crippen molar-refractivity contribution in [2.24, 2.45) is 5.92 Å². The van der Waals surface area contributed by atoms with Crippen LogP contribution in [0.25, 0.3) is 10.8 Å². The SMILES string of the molecule is CNC(CCC1CCCC1)c1ccc(Br)c2ccccc12. The molecule has 0 spiro atoms. The number of hydrogen-bond donors (Lipinski definition) is 1. The molecule has 21 heavy (non-hydrogen) atoms. The second-order valence-electron chi connectivity index (χ2n) is 6.25.